The SMILES string of the molecule is CCn1c(C)cc(/C=N\NC(=O)C(O)(c2ccccc2)c2ccccc2)c1C. The second-order valence-corrected chi connectivity index (χ2v) is 6.71. The van der Waals surface area contributed by atoms with E-state index in [1.165, 1.54) is 0 Å². The summed E-state index contributed by atoms with van der Waals surface area (Å²) < 4.78 is 2.17. The average Bonchev–Trinajstić information content (AvgIpc) is 3.01. The molecular weight excluding hydrogens is 350 g/mol. The molecule has 144 valence electrons. The number of aliphatic hydroxyl groups is 1. The molecule has 0 bridgehead atoms. The van der Waals surface area contributed by atoms with E-state index in [4.69, 9.17) is 0 Å². The number of hydrazone groups is 1. The Kier molecular flexibility index (Phi) is 5.76. The summed E-state index contributed by atoms with van der Waals surface area (Å²) in [5.74, 6) is -0.606. The summed E-state index contributed by atoms with van der Waals surface area (Å²) in [5.41, 5.74) is 4.80. The standard InChI is InChI=1S/C23H25N3O2/c1-4-26-17(2)15-19(18(26)3)16-24-25-22(27)23(28,20-11-7-5-8-12-20)21-13-9-6-10-14-21/h5-16,28H,4H2,1-3H3,(H,25,27)/b24-16-. The van der Waals surface area contributed by atoms with Crippen molar-refractivity contribution in [1.29, 1.82) is 0 Å². The van der Waals surface area contributed by atoms with Crippen molar-refractivity contribution in [2.75, 3.05) is 0 Å². The van der Waals surface area contributed by atoms with Crippen LogP contribution in [0.2, 0.25) is 0 Å². The van der Waals surface area contributed by atoms with Gasteiger partial charge >= 0.3 is 0 Å². The van der Waals surface area contributed by atoms with Crippen LogP contribution in [-0.4, -0.2) is 21.8 Å². The molecule has 3 rings (SSSR count). The van der Waals surface area contributed by atoms with Gasteiger partial charge in [-0.15, -0.1) is 0 Å². The van der Waals surface area contributed by atoms with E-state index in [2.05, 4.69) is 22.0 Å². The maximum Gasteiger partial charge on any atom is 0.281 e. The van der Waals surface area contributed by atoms with Gasteiger partial charge in [0.05, 0.1) is 6.21 Å². The Morgan fingerprint density at radius 1 is 1.07 bits per heavy atom. The minimum atomic E-state index is -1.83. The Morgan fingerprint density at radius 2 is 1.61 bits per heavy atom. The van der Waals surface area contributed by atoms with Crippen molar-refractivity contribution in [2.24, 2.45) is 5.10 Å². The first-order chi connectivity index (χ1) is 13.5. The summed E-state index contributed by atoms with van der Waals surface area (Å²) in [4.78, 5) is 13.0. The van der Waals surface area contributed by atoms with E-state index in [9.17, 15) is 9.90 Å². The molecule has 0 unspecified atom stereocenters. The molecule has 0 atom stereocenters. The molecule has 0 saturated heterocycles. The topological polar surface area (TPSA) is 66.6 Å². The first-order valence-corrected chi connectivity index (χ1v) is 9.32. The Bertz CT molecular complexity index is 936. The number of benzene rings is 2. The monoisotopic (exact) mass is 375 g/mol. The number of hydrogen-bond acceptors (Lipinski definition) is 3. The van der Waals surface area contributed by atoms with E-state index in [0.717, 1.165) is 23.5 Å². The molecule has 5 nitrogen and oxygen atoms in total. The van der Waals surface area contributed by atoms with Gasteiger partial charge in [-0.1, -0.05) is 60.7 Å². The molecule has 0 spiro atoms. The average molecular weight is 375 g/mol. The van der Waals surface area contributed by atoms with E-state index >= 15 is 0 Å². The second kappa shape index (κ2) is 8.23. The fraction of sp³-hybridized carbons (Fsp3) is 0.217. The zero-order valence-electron chi connectivity index (χ0n) is 16.4. The molecule has 0 fully saturated rings. The first kappa shape index (κ1) is 19.6. The van der Waals surface area contributed by atoms with Gasteiger partial charge in [0.25, 0.3) is 5.91 Å². The van der Waals surface area contributed by atoms with Crippen LogP contribution < -0.4 is 5.43 Å². The molecule has 1 amide bonds. The van der Waals surface area contributed by atoms with Crippen LogP contribution in [0.4, 0.5) is 0 Å². The van der Waals surface area contributed by atoms with Crippen LogP contribution in [0.3, 0.4) is 0 Å². The highest BCUT2D eigenvalue weighted by atomic mass is 16.3. The van der Waals surface area contributed by atoms with Gasteiger partial charge in [0.1, 0.15) is 0 Å². The van der Waals surface area contributed by atoms with Crippen LogP contribution in [0.25, 0.3) is 0 Å². The van der Waals surface area contributed by atoms with Gasteiger partial charge in [-0.05, 0) is 38.0 Å². The largest absolute Gasteiger partial charge is 0.372 e. The van der Waals surface area contributed by atoms with Crippen LogP contribution >= 0.6 is 0 Å². The molecule has 0 saturated carbocycles. The van der Waals surface area contributed by atoms with Crippen LogP contribution in [0.1, 0.15) is 35.0 Å². The van der Waals surface area contributed by atoms with Gasteiger partial charge in [0.2, 0.25) is 0 Å². The lowest BCUT2D eigenvalue weighted by Gasteiger charge is -2.27. The number of carbonyl (C=O) groups is 1. The van der Waals surface area contributed by atoms with Crippen molar-refractivity contribution in [3.8, 4) is 0 Å². The predicted molar refractivity (Wildman–Crippen MR) is 111 cm³/mol. The highest BCUT2D eigenvalue weighted by Crippen LogP contribution is 2.29. The quantitative estimate of drug-likeness (QED) is 0.511. The molecule has 28 heavy (non-hydrogen) atoms. The molecular formula is C23H25N3O2. The lowest BCUT2D eigenvalue weighted by molar-refractivity contribution is -0.136. The number of aryl methyl sites for hydroxylation is 1. The number of rotatable bonds is 6. The van der Waals surface area contributed by atoms with Gasteiger partial charge in [-0.25, -0.2) is 5.43 Å². The lowest BCUT2D eigenvalue weighted by Crippen LogP contribution is -2.43. The fourth-order valence-corrected chi connectivity index (χ4v) is 3.47. The van der Waals surface area contributed by atoms with Crippen molar-refractivity contribution in [2.45, 2.75) is 32.9 Å². The molecule has 3 aromatic rings. The Morgan fingerprint density at radius 3 is 2.07 bits per heavy atom. The number of nitrogens with one attached hydrogen (secondary N) is 1. The van der Waals surface area contributed by atoms with Gasteiger partial charge in [0, 0.05) is 23.5 Å². The summed E-state index contributed by atoms with van der Waals surface area (Å²) in [5, 5.41) is 15.5. The maximum absolute atomic E-state index is 13.0. The molecule has 1 aromatic heterocycles. The molecule has 0 radical (unpaired) electrons. The first-order valence-electron chi connectivity index (χ1n) is 9.32. The maximum atomic E-state index is 13.0. The lowest BCUT2D eigenvalue weighted by atomic mass is 9.85. The number of carbonyl (C=O) groups excluding carboxylic acids is 1. The van der Waals surface area contributed by atoms with Crippen LogP contribution in [0.15, 0.2) is 71.8 Å². The summed E-state index contributed by atoms with van der Waals surface area (Å²) in [7, 11) is 0. The third kappa shape index (κ3) is 3.62. The van der Waals surface area contributed by atoms with Crippen molar-refractivity contribution in [3.05, 3.63) is 94.8 Å². The Balaban J connectivity index is 1.89. The minimum Gasteiger partial charge on any atom is -0.372 e. The minimum absolute atomic E-state index is 0.484. The predicted octanol–water partition coefficient (Wildman–Crippen LogP) is 3.51. The van der Waals surface area contributed by atoms with Gasteiger partial charge in [0.15, 0.2) is 5.60 Å². The van der Waals surface area contributed by atoms with Crippen molar-refractivity contribution >= 4 is 12.1 Å². The fourth-order valence-electron chi connectivity index (χ4n) is 3.47. The summed E-state index contributed by atoms with van der Waals surface area (Å²) in [6.07, 6.45) is 1.61. The third-order valence-corrected chi connectivity index (χ3v) is 5.01. The van der Waals surface area contributed by atoms with E-state index in [1.54, 1.807) is 54.7 Å². The molecule has 5 heteroatoms. The highest BCUT2D eigenvalue weighted by molar-refractivity contribution is 5.91. The zero-order valence-corrected chi connectivity index (χ0v) is 16.4. The van der Waals surface area contributed by atoms with Crippen molar-refractivity contribution in [3.63, 3.8) is 0 Å². The molecule has 0 aliphatic heterocycles. The summed E-state index contributed by atoms with van der Waals surface area (Å²) in [6.45, 7) is 7.02. The van der Waals surface area contributed by atoms with Gasteiger partial charge in [-0.3, -0.25) is 4.79 Å². The van der Waals surface area contributed by atoms with Crippen molar-refractivity contribution in [1.82, 2.24) is 9.99 Å². The number of amides is 1. The number of aromatic nitrogens is 1. The zero-order chi connectivity index (χ0) is 20.1. The molecule has 2 aromatic carbocycles. The van der Waals surface area contributed by atoms with Crippen LogP contribution in [0.5, 0.6) is 0 Å². The highest BCUT2D eigenvalue weighted by Gasteiger charge is 2.39. The Labute approximate surface area is 165 Å². The van der Waals surface area contributed by atoms with Crippen molar-refractivity contribution < 1.29 is 9.90 Å². The Hall–Kier alpha value is -3.18. The smallest absolute Gasteiger partial charge is 0.281 e. The van der Waals surface area contributed by atoms with Gasteiger partial charge in [-0.2, -0.15) is 5.10 Å². The van der Waals surface area contributed by atoms with Crippen LogP contribution in [0, 0.1) is 13.8 Å². The molecule has 0 aliphatic carbocycles. The van der Waals surface area contributed by atoms with Crippen LogP contribution in [-0.2, 0) is 16.9 Å². The molecule has 0 aliphatic rings. The van der Waals surface area contributed by atoms with E-state index in [0.29, 0.717) is 11.1 Å². The van der Waals surface area contributed by atoms with E-state index in [-0.39, 0.29) is 0 Å². The number of nitrogens with zero attached hydrogens (tertiary/aromatic N) is 2. The normalized spacial score (nSPS) is 11.7. The second-order valence-electron chi connectivity index (χ2n) is 6.71. The summed E-state index contributed by atoms with van der Waals surface area (Å²) in [6, 6.07) is 19.8. The van der Waals surface area contributed by atoms with Gasteiger partial charge < -0.3 is 9.67 Å². The number of hydrogen-bond donors (Lipinski definition) is 2. The summed E-state index contributed by atoms with van der Waals surface area (Å²) >= 11 is 0. The van der Waals surface area contributed by atoms with E-state index in [1.807, 2.05) is 32.0 Å². The molecule has 2 N–H and O–H groups in total. The third-order valence-electron chi connectivity index (χ3n) is 5.01. The molecule has 1 heterocycles. The van der Waals surface area contributed by atoms with E-state index < -0.39 is 11.5 Å².